The molecule has 0 radical (unpaired) electrons. The van der Waals surface area contributed by atoms with Crippen molar-refractivity contribution in [1.29, 1.82) is 0 Å². The predicted octanol–water partition coefficient (Wildman–Crippen LogP) is 4.38. The topological polar surface area (TPSA) is 53.7 Å². The summed E-state index contributed by atoms with van der Waals surface area (Å²) in [5, 5.41) is 0. The molecule has 0 amide bonds. The van der Waals surface area contributed by atoms with E-state index in [1.54, 1.807) is 14.2 Å². The van der Waals surface area contributed by atoms with E-state index in [0.717, 1.165) is 39.5 Å². The van der Waals surface area contributed by atoms with Gasteiger partial charge in [-0.25, -0.2) is 0 Å². The van der Waals surface area contributed by atoms with E-state index < -0.39 is 0 Å². The van der Waals surface area contributed by atoms with Crippen LogP contribution in [0, 0.1) is 0 Å². The first kappa shape index (κ1) is 17.8. The fourth-order valence-electron chi connectivity index (χ4n) is 2.76. The summed E-state index contributed by atoms with van der Waals surface area (Å²) < 4.78 is 16.3. The normalized spacial score (nSPS) is 10.4. The van der Waals surface area contributed by atoms with E-state index in [2.05, 4.69) is 6.07 Å². The second kappa shape index (κ2) is 8.41. The van der Waals surface area contributed by atoms with Gasteiger partial charge in [-0.15, -0.1) is 0 Å². The number of hydrogen-bond acceptors (Lipinski definition) is 4. The van der Waals surface area contributed by atoms with Crippen molar-refractivity contribution in [2.24, 2.45) is 5.73 Å². The lowest BCUT2D eigenvalue weighted by Crippen LogP contribution is -2.10. The highest BCUT2D eigenvalue weighted by Gasteiger charge is 2.07. The van der Waals surface area contributed by atoms with Crippen molar-refractivity contribution in [1.82, 2.24) is 0 Å². The summed E-state index contributed by atoms with van der Waals surface area (Å²) in [5.74, 6) is 2.47. The van der Waals surface area contributed by atoms with Crippen LogP contribution in [0.5, 0.6) is 17.2 Å². The lowest BCUT2D eigenvalue weighted by Gasteiger charge is -2.12. The van der Waals surface area contributed by atoms with Gasteiger partial charge >= 0.3 is 0 Å². The molecule has 26 heavy (non-hydrogen) atoms. The Kier molecular flexibility index (Phi) is 5.77. The molecule has 3 rings (SSSR count). The van der Waals surface area contributed by atoms with Crippen LogP contribution >= 0.6 is 0 Å². The van der Waals surface area contributed by atoms with E-state index in [1.807, 2.05) is 60.7 Å². The van der Waals surface area contributed by atoms with Crippen molar-refractivity contribution in [3.8, 4) is 39.5 Å². The maximum absolute atomic E-state index is 5.79. The molecule has 0 aromatic heterocycles. The van der Waals surface area contributed by atoms with Crippen molar-refractivity contribution in [2.45, 2.75) is 0 Å². The lowest BCUT2D eigenvalue weighted by molar-refractivity contribution is 0.328. The van der Waals surface area contributed by atoms with Gasteiger partial charge in [-0.05, 0) is 64.7 Å². The quantitative estimate of drug-likeness (QED) is 0.688. The maximum Gasteiger partial charge on any atom is 0.120 e. The molecule has 0 unspecified atom stereocenters. The van der Waals surface area contributed by atoms with Crippen LogP contribution in [0.3, 0.4) is 0 Å². The lowest BCUT2D eigenvalue weighted by atomic mass is 9.98. The Labute approximate surface area is 154 Å². The van der Waals surface area contributed by atoms with Crippen LogP contribution in [-0.2, 0) is 0 Å². The Morgan fingerprint density at radius 2 is 1.08 bits per heavy atom. The number of hydrogen-bond donors (Lipinski definition) is 1. The second-order valence-electron chi connectivity index (χ2n) is 5.84. The highest BCUT2D eigenvalue weighted by Crippen LogP contribution is 2.33. The average Bonchev–Trinajstić information content (AvgIpc) is 2.72. The summed E-state index contributed by atoms with van der Waals surface area (Å²) >= 11 is 0. The zero-order chi connectivity index (χ0) is 18.4. The van der Waals surface area contributed by atoms with E-state index in [9.17, 15) is 0 Å². The Morgan fingerprint density at radius 1 is 0.615 bits per heavy atom. The standard InChI is InChI=1S/C22H23NO3/c1-24-20-7-3-16(4-8-20)18-13-19(15-22(14-18)26-12-11-23)17-5-9-21(25-2)10-6-17/h3-10,13-15H,11-12,23H2,1-2H3. The third-order valence-electron chi connectivity index (χ3n) is 4.14. The molecule has 4 nitrogen and oxygen atoms in total. The molecule has 0 atom stereocenters. The summed E-state index contributed by atoms with van der Waals surface area (Å²) in [5.41, 5.74) is 9.93. The summed E-state index contributed by atoms with van der Waals surface area (Å²) in [6.07, 6.45) is 0. The van der Waals surface area contributed by atoms with E-state index >= 15 is 0 Å². The number of ether oxygens (including phenoxy) is 3. The molecule has 0 aliphatic heterocycles. The highest BCUT2D eigenvalue weighted by atomic mass is 16.5. The zero-order valence-electron chi connectivity index (χ0n) is 15.1. The molecule has 0 heterocycles. The predicted molar refractivity (Wildman–Crippen MR) is 105 cm³/mol. The molecule has 3 aromatic carbocycles. The summed E-state index contributed by atoms with van der Waals surface area (Å²) in [7, 11) is 3.33. The van der Waals surface area contributed by atoms with E-state index in [1.165, 1.54) is 0 Å². The van der Waals surface area contributed by atoms with E-state index in [0.29, 0.717) is 13.2 Å². The molecule has 0 aliphatic rings. The van der Waals surface area contributed by atoms with Gasteiger partial charge in [0.05, 0.1) is 14.2 Å². The maximum atomic E-state index is 5.79. The third kappa shape index (κ3) is 4.16. The molecule has 0 saturated heterocycles. The molecule has 0 bridgehead atoms. The SMILES string of the molecule is COc1ccc(-c2cc(OCCN)cc(-c3ccc(OC)cc3)c2)cc1. The molecule has 3 aromatic rings. The van der Waals surface area contributed by atoms with Crippen LogP contribution in [0.2, 0.25) is 0 Å². The minimum absolute atomic E-state index is 0.477. The van der Waals surface area contributed by atoms with Gasteiger partial charge in [0.25, 0.3) is 0 Å². The highest BCUT2D eigenvalue weighted by molar-refractivity contribution is 5.75. The van der Waals surface area contributed by atoms with Crippen LogP contribution in [0.15, 0.2) is 66.7 Å². The minimum atomic E-state index is 0.477. The molecule has 4 heteroatoms. The van der Waals surface area contributed by atoms with Crippen molar-refractivity contribution in [2.75, 3.05) is 27.4 Å². The number of benzene rings is 3. The van der Waals surface area contributed by atoms with E-state index in [4.69, 9.17) is 19.9 Å². The van der Waals surface area contributed by atoms with Gasteiger partial charge in [0, 0.05) is 6.54 Å². The molecule has 134 valence electrons. The molecule has 0 spiro atoms. The third-order valence-corrected chi connectivity index (χ3v) is 4.14. The van der Waals surface area contributed by atoms with Crippen LogP contribution in [0.4, 0.5) is 0 Å². The Bertz CT molecular complexity index is 777. The second-order valence-corrected chi connectivity index (χ2v) is 5.84. The molecular formula is C22H23NO3. The fourth-order valence-corrected chi connectivity index (χ4v) is 2.76. The van der Waals surface area contributed by atoms with Crippen molar-refractivity contribution >= 4 is 0 Å². The van der Waals surface area contributed by atoms with Gasteiger partial charge in [-0.1, -0.05) is 24.3 Å². The summed E-state index contributed by atoms with van der Waals surface area (Å²) in [4.78, 5) is 0. The fraction of sp³-hybridized carbons (Fsp3) is 0.182. The summed E-state index contributed by atoms with van der Waals surface area (Å²) in [6.45, 7) is 0.957. The molecule has 0 fully saturated rings. The summed E-state index contributed by atoms with van der Waals surface area (Å²) in [6, 6.07) is 22.2. The van der Waals surface area contributed by atoms with Gasteiger partial charge in [0.15, 0.2) is 0 Å². The van der Waals surface area contributed by atoms with Crippen LogP contribution < -0.4 is 19.9 Å². The van der Waals surface area contributed by atoms with Gasteiger partial charge < -0.3 is 19.9 Å². The smallest absolute Gasteiger partial charge is 0.120 e. The van der Waals surface area contributed by atoms with Crippen LogP contribution in [0.1, 0.15) is 0 Å². The van der Waals surface area contributed by atoms with Crippen LogP contribution in [-0.4, -0.2) is 27.4 Å². The average molecular weight is 349 g/mol. The van der Waals surface area contributed by atoms with Crippen molar-refractivity contribution in [3.05, 3.63) is 66.7 Å². The first-order valence-corrected chi connectivity index (χ1v) is 8.50. The molecular weight excluding hydrogens is 326 g/mol. The Balaban J connectivity index is 2.02. The van der Waals surface area contributed by atoms with Gasteiger partial charge in [-0.2, -0.15) is 0 Å². The Morgan fingerprint density at radius 3 is 1.46 bits per heavy atom. The number of rotatable bonds is 7. The molecule has 0 saturated carbocycles. The van der Waals surface area contributed by atoms with Gasteiger partial charge in [0.1, 0.15) is 23.9 Å². The largest absolute Gasteiger partial charge is 0.497 e. The number of methoxy groups -OCH3 is 2. The monoisotopic (exact) mass is 349 g/mol. The first-order chi connectivity index (χ1) is 12.7. The Hall–Kier alpha value is -2.98. The minimum Gasteiger partial charge on any atom is -0.497 e. The molecule has 2 N–H and O–H groups in total. The molecule has 0 aliphatic carbocycles. The van der Waals surface area contributed by atoms with Crippen molar-refractivity contribution < 1.29 is 14.2 Å². The van der Waals surface area contributed by atoms with Crippen molar-refractivity contribution in [3.63, 3.8) is 0 Å². The first-order valence-electron chi connectivity index (χ1n) is 8.50. The van der Waals surface area contributed by atoms with Crippen LogP contribution in [0.25, 0.3) is 22.3 Å². The van der Waals surface area contributed by atoms with Gasteiger partial charge in [0.2, 0.25) is 0 Å². The number of nitrogens with two attached hydrogens (primary N) is 1. The zero-order valence-corrected chi connectivity index (χ0v) is 15.1. The van der Waals surface area contributed by atoms with Gasteiger partial charge in [-0.3, -0.25) is 0 Å². The van der Waals surface area contributed by atoms with E-state index in [-0.39, 0.29) is 0 Å².